The molecule has 0 aliphatic rings. The van der Waals surface area contributed by atoms with Gasteiger partial charge < -0.3 is 0 Å². The fourth-order valence-electron chi connectivity index (χ4n) is 1.94. The van der Waals surface area contributed by atoms with E-state index in [1.54, 1.807) is 0 Å². The highest BCUT2D eigenvalue weighted by Crippen LogP contribution is 2.23. The third-order valence-corrected chi connectivity index (χ3v) is 3.62. The van der Waals surface area contributed by atoms with Crippen LogP contribution in [0.5, 0.6) is 0 Å². The number of rotatable bonds is 6. The van der Waals surface area contributed by atoms with Gasteiger partial charge >= 0.3 is 0 Å². The van der Waals surface area contributed by atoms with Crippen molar-refractivity contribution in [1.82, 2.24) is 0 Å². The molecule has 0 unspecified atom stereocenters. The molecule has 0 bridgehead atoms. The molecule has 0 heterocycles. The van der Waals surface area contributed by atoms with Gasteiger partial charge in [-0.1, -0.05) is 61.2 Å². The van der Waals surface area contributed by atoms with Crippen LogP contribution in [-0.2, 0) is 12.8 Å². The van der Waals surface area contributed by atoms with E-state index in [0.717, 1.165) is 6.42 Å². The van der Waals surface area contributed by atoms with E-state index in [2.05, 4.69) is 48.0 Å². The summed E-state index contributed by atoms with van der Waals surface area (Å²) in [4.78, 5) is 0. The molecule has 0 aromatic heterocycles. The first-order chi connectivity index (χ1) is 7.29. The van der Waals surface area contributed by atoms with Crippen molar-refractivity contribution >= 4 is 15.9 Å². The van der Waals surface area contributed by atoms with Crippen LogP contribution < -0.4 is 0 Å². The Bertz CT molecular complexity index is 291. The molecule has 15 heavy (non-hydrogen) atoms. The van der Waals surface area contributed by atoms with E-state index >= 15 is 0 Å². The lowest BCUT2D eigenvalue weighted by atomic mass is 9.99. The zero-order valence-electron chi connectivity index (χ0n) is 9.85. The average Bonchev–Trinajstić information content (AvgIpc) is 2.26. The molecule has 0 amide bonds. The quantitative estimate of drug-likeness (QED) is 0.628. The minimum Gasteiger partial charge on any atom is -0.0654 e. The third-order valence-electron chi connectivity index (χ3n) is 2.88. The van der Waals surface area contributed by atoms with Crippen molar-refractivity contribution in [3.63, 3.8) is 0 Å². The molecule has 0 saturated carbocycles. The van der Waals surface area contributed by atoms with Crippen LogP contribution in [-0.4, -0.2) is 0 Å². The van der Waals surface area contributed by atoms with E-state index in [9.17, 15) is 0 Å². The number of unbranched alkanes of at least 4 members (excludes halogenated alkanes) is 3. The summed E-state index contributed by atoms with van der Waals surface area (Å²) in [6.45, 7) is 4.49. The van der Waals surface area contributed by atoms with E-state index in [1.165, 1.54) is 47.7 Å². The molecule has 1 aromatic carbocycles. The minimum absolute atomic E-state index is 1.14. The number of benzene rings is 1. The molecule has 0 nitrogen and oxygen atoms in total. The van der Waals surface area contributed by atoms with Crippen molar-refractivity contribution in [2.75, 3.05) is 0 Å². The SMILES string of the molecule is CCCCCCc1c(Br)cccc1CC. The predicted octanol–water partition coefficient (Wildman–Crippen LogP) is 5.13. The van der Waals surface area contributed by atoms with Crippen molar-refractivity contribution in [3.8, 4) is 0 Å². The van der Waals surface area contributed by atoms with E-state index in [1.807, 2.05) is 0 Å². The lowest BCUT2D eigenvalue weighted by molar-refractivity contribution is 0.664. The Morgan fingerprint density at radius 3 is 2.53 bits per heavy atom. The molecule has 1 heteroatoms. The minimum atomic E-state index is 1.14. The van der Waals surface area contributed by atoms with E-state index in [0.29, 0.717) is 0 Å². The van der Waals surface area contributed by atoms with Crippen LogP contribution >= 0.6 is 15.9 Å². The molecule has 0 spiro atoms. The second kappa shape index (κ2) is 7.05. The molecule has 0 atom stereocenters. The van der Waals surface area contributed by atoms with Crippen molar-refractivity contribution in [2.45, 2.75) is 52.4 Å². The van der Waals surface area contributed by atoms with Gasteiger partial charge in [-0.15, -0.1) is 0 Å². The van der Waals surface area contributed by atoms with Crippen LogP contribution in [0.1, 0.15) is 50.7 Å². The lowest BCUT2D eigenvalue weighted by Gasteiger charge is -2.09. The van der Waals surface area contributed by atoms with Gasteiger partial charge in [-0.25, -0.2) is 0 Å². The first-order valence-electron chi connectivity index (χ1n) is 6.05. The maximum Gasteiger partial charge on any atom is 0.0210 e. The van der Waals surface area contributed by atoms with Crippen LogP contribution in [0, 0.1) is 0 Å². The molecule has 0 saturated heterocycles. The normalized spacial score (nSPS) is 10.6. The van der Waals surface area contributed by atoms with Gasteiger partial charge in [0.25, 0.3) is 0 Å². The Kier molecular flexibility index (Phi) is 6.00. The second-order valence-corrected chi connectivity index (χ2v) is 4.90. The van der Waals surface area contributed by atoms with Crippen LogP contribution in [0.2, 0.25) is 0 Å². The molecule has 1 rings (SSSR count). The van der Waals surface area contributed by atoms with Gasteiger partial charge in [-0.2, -0.15) is 0 Å². The Hall–Kier alpha value is -0.300. The number of hydrogen-bond acceptors (Lipinski definition) is 0. The monoisotopic (exact) mass is 268 g/mol. The number of hydrogen-bond donors (Lipinski definition) is 0. The van der Waals surface area contributed by atoms with Crippen molar-refractivity contribution < 1.29 is 0 Å². The highest BCUT2D eigenvalue weighted by molar-refractivity contribution is 9.10. The van der Waals surface area contributed by atoms with Gasteiger partial charge in [0.05, 0.1) is 0 Å². The Morgan fingerprint density at radius 2 is 1.87 bits per heavy atom. The Balaban J connectivity index is 2.58. The van der Waals surface area contributed by atoms with Gasteiger partial charge in [-0.3, -0.25) is 0 Å². The largest absolute Gasteiger partial charge is 0.0654 e. The molecule has 0 N–H and O–H groups in total. The molecule has 0 radical (unpaired) electrons. The van der Waals surface area contributed by atoms with E-state index < -0.39 is 0 Å². The molecule has 0 fully saturated rings. The average molecular weight is 269 g/mol. The lowest BCUT2D eigenvalue weighted by Crippen LogP contribution is -1.94. The van der Waals surface area contributed by atoms with Gasteiger partial charge in [-0.05, 0) is 36.5 Å². The summed E-state index contributed by atoms with van der Waals surface area (Å²) < 4.78 is 1.29. The van der Waals surface area contributed by atoms with Crippen molar-refractivity contribution in [2.24, 2.45) is 0 Å². The van der Waals surface area contributed by atoms with Crippen LogP contribution in [0.3, 0.4) is 0 Å². The second-order valence-electron chi connectivity index (χ2n) is 4.04. The Morgan fingerprint density at radius 1 is 1.07 bits per heavy atom. The summed E-state index contributed by atoms with van der Waals surface area (Å²) >= 11 is 3.66. The topological polar surface area (TPSA) is 0 Å². The molecule has 0 aliphatic heterocycles. The maximum atomic E-state index is 3.66. The highest BCUT2D eigenvalue weighted by atomic mass is 79.9. The number of halogens is 1. The van der Waals surface area contributed by atoms with Crippen molar-refractivity contribution in [3.05, 3.63) is 33.8 Å². The Labute approximate surface area is 102 Å². The fraction of sp³-hybridized carbons (Fsp3) is 0.571. The summed E-state index contributed by atoms with van der Waals surface area (Å²) in [7, 11) is 0. The number of aryl methyl sites for hydroxylation is 1. The van der Waals surface area contributed by atoms with Gasteiger partial charge in [0, 0.05) is 4.47 Å². The summed E-state index contributed by atoms with van der Waals surface area (Å²) in [5.74, 6) is 0. The van der Waals surface area contributed by atoms with E-state index in [4.69, 9.17) is 0 Å². The standard InChI is InChI=1S/C14H21Br/c1-3-5-6-7-10-13-12(4-2)9-8-11-14(13)15/h8-9,11H,3-7,10H2,1-2H3. The zero-order chi connectivity index (χ0) is 11.1. The summed E-state index contributed by atoms with van der Waals surface area (Å²) in [5.41, 5.74) is 3.02. The molecule has 84 valence electrons. The molecular weight excluding hydrogens is 248 g/mol. The van der Waals surface area contributed by atoms with Gasteiger partial charge in [0.1, 0.15) is 0 Å². The first-order valence-corrected chi connectivity index (χ1v) is 6.85. The van der Waals surface area contributed by atoms with Crippen LogP contribution in [0.25, 0.3) is 0 Å². The highest BCUT2D eigenvalue weighted by Gasteiger charge is 2.04. The molecule has 1 aromatic rings. The summed E-state index contributed by atoms with van der Waals surface area (Å²) in [6, 6.07) is 6.55. The molecular formula is C14H21Br. The van der Waals surface area contributed by atoms with Crippen LogP contribution in [0.15, 0.2) is 22.7 Å². The molecule has 0 aliphatic carbocycles. The zero-order valence-corrected chi connectivity index (χ0v) is 11.4. The van der Waals surface area contributed by atoms with E-state index in [-0.39, 0.29) is 0 Å². The maximum absolute atomic E-state index is 3.66. The smallest absolute Gasteiger partial charge is 0.0210 e. The third kappa shape index (κ3) is 3.98. The first kappa shape index (κ1) is 12.8. The summed E-state index contributed by atoms with van der Waals surface area (Å²) in [5, 5.41) is 0. The van der Waals surface area contributed by atoms with Gasteiger partial charge in [0.2, 0.25) is 0 Å². The van der Waals surface area contributed by atoms with Crippen molar-refractivity contribution in [1.29, 1.82) is 0 Å². The fourth-order valence-corrected chi connectivity index (χ4v) is 2.55. The predicted molar refractivity (Wildman–Crippen MR) is 71.4 cm³/mol. The summed E-state index contributed by atoms with van der Waals surface area (Å²) in [6.07, 6.45) is 7.74. The van der Waals surface area contributed by atoms with Gasteiger partial charge in [0.15, 0.2) is 0 Å². The van der Waals surface area contributed by atoms with Crippen LogP contribution in [0.4, 0.5) is 0 Å².